The minimum Gasteiger partial charge on any atom is -0.494 e. The van der Waals surface area contributed by atoms with Crippen LogP contribution in [0.3, 0.4) is 0 Å². The van der Waals surface area contributed by atoms with Crippen molar-refractivity contribution in [1.29, 1.82) is 0 Å². The van der Waals surface area contributed by atoms with Crippen molar-refractivity contribution in [1.82, 2.24) is 0 Å². The Kier molecular flexibility index (Phi) is 7.13. The van der Waals surface area contributed by atoms with Crippen molar-refractivity contribution < 1.29 is 17.9 Å². The summed E-state index contributed by atoms with van der Waals surface area (Å²) in [5.41, 5.74) is 0.426. The number of fused-ring (bicyclic) bond motifs is 2. The lowest BCUT2D eigenvalue weighted by molar-refractivity contribution is 0.112. The van der Waals surface area contributed by atoms with E-state index in [2.05, 4.69) is 6.92 Å². The molecule has 0 saturated heterocycles. The molecule has 2 fully saturated rings. The van der Waals surface area contributed by atoms with Gasteiger partial charge in [0, 0.05) is 0 Å². The van der Waals surface area contributed by atoms with Gasteiger partial charge in [-0.2, -0.15) is 0 Å². The number of hydrogen-bond donors (Lipinski definition) is 0. The average Bonchev–Trinajstić information content (AvgIpc) is 2.78. The van der Waals surface area contributed by atoms with Crippen molar-refractivity contribution in [3.63, 3.8) is 0 Å². The Labute approximate surface area is 184 Å². The number of benzene rings is 2. The summed E-state index contributed by atoms with van der Waals surface area (Å²) >= 11 is 0. The van der Waals surface area contributed by atoms with Crippen molar-refractivity contribution in [3.05, 3.63) is 41.2 Å². The van der Waals surface area contributed by atoms with E-state index in [0.717, 1.165) is 31.1 Å². The summed E-state index contributed by atoms with van der Waals surface area (Å²) in [7, 11) is 1.32. The molecule has 2 aliphatic rings. The van der Waals surface area contributed by atoms with Gasteiger partial charge in [-0.3, -0.25) is 0 Å². The molecule has 31 heavy (non-hydrogen) atoms. The molecule has 0 aliphatic heterocycles. The standard InChI is InChI=1S/C27H35F3O/c1-3-4-5-6-7-17-8-9-19-15-20(11-10-18(19)14-17)22-16-21-12-13-23(31-2)26(29)24(21)27(30)25(22)28/h12-13,16-20H,3-11,14-15H2,1-2H3/t17?,18-,19?,20-/m1/s1. The van der Waals surface area contributed by atoms with Crippen LogP contribution in [0.5, 0.6) is 5.75 Å². The molecular formula is C27H35F3O. The lowest BCUT2D eigenvalue weighted by Gasteiger charge is -2.42. The molecule has 4 heteroatoms. The summed E-state index contributed by atoms with van der Waals surface area (Å²) in [6, 6.07) is 4.77. The molecule has 2 aromatic rings. The molecule has 0 N–H and O–H groups in total. The van der Waals surface area contributed by atoms with E-state index in [-0.39, 0.29) is 17.1 Å². The number of halogens is 3. The van der Waals surface area contributed by atoms with E-state index in [9.17, 15) is 8.78 Å². The molecule has 170 valence electrons. The van der Waals surface area contributed by atoms with Gasteiger partial charge in [0.15, 0.2) is 23.2 Å². The zero-order valence-electron chi connectivity index (χ0n) is 18.9. The Hall–Kier alpha value is -1.71. The van der Waals surface area contributed by atoms with Crippen molar-refractivity contribution in [2.24, 2.45) is 17.8 Å². The summed E-state index contributed by atoms with van der Waals surface area (Å²) in [6.45, 7) is 2.25. The summed E-state index contributed by atoms with van der Waals surface area (Å²) in [5.74, 6) is -0.648. The minimum atomic E-state index is -1.08. The topological polar surface area (TPSA) is 9.23 Å². The van der Waals surface area contributed by atoms with Gasteiger partial charge in [-0.15, -0.1) is 0 Å². The molecule has 0 aromatic heterocycles. The second-order valence-electron chi connectivity index (χ2n) is 9.83. The lowest BCUT2D eigenvalue weighted by Crippen LogP contribution is -2.30. The Morgan fingerprint density at radius 1 is 0.871 bits per heavy atom. The van der Waals surface area contributed by atoms with Crippen LogP contribution in [0.15, 0.2) is 18.2 Å². The minimum absolute atomic E-state index is 0.0198. The first-order valence-electron chi connectivity index (χ1n) is 12.2. The van der Waals surface area contributed by atoms with E-state index >= 15 is 4.39 Å². The van der Waals surface area contributed by atoms with E-state index in [1.165, 1.54) is 64.5 Å². The zero-order valence-corrected chi connectivity index (χ0v) is 18.9. The van der Waals surface area contributed by atoms with Crippen LogP contribution >= 0.6 is 0 Å². The molecule has 2 aromatic carbocycles. The van der Waals surface area contributed by atoms with Gasteiger partial charge in [-0.05, 0) is 78.9 Å². The normalized spacial score (nSPS) is 26.1. The molecule has 0 heterocycles. The highest BCUT2D eigenvalue weighted by molar-refractivity contribution is 5.86. The van der Waals surface area contributed by atoms with Crippen LogP contribution in [0.2, 0.25) is 0 Å². The van der Waals surface area contributed by atoms with E-state index < -0.39 is 17.5 Å². The fourth-order valence-electron chi connectivity index (χ4n) is 6.23. The van der Waals surface area contributed by atoms with Crippen LogP contribution in [0.4, 0.5) is 13.2 Å². The zero-order chi connectivity index (χ0) is 22.0. The third-order valence-electron chi connectivity index (χ3n) is 7.96. The Bertz CT molecular complexity index is 909. The van der Waals surface area contributed by atoms with E-state index in [1.54, 1.807) is 12.1 Å². The number of ether oxygens (including phenoxy) is 1. The quantitative estimate of drug-likeness (QED) is 0.398. The molecule has 4 atom stereocenters. The molecule has 1 nitrogen and oxygen atoms in total. The van der Waals surface area contributed by atoms with Gasteiger partial charge in [0.2, 0.25) is 0 Å². The highest BCUT2D eigenvalue weighted by atomic mass is 19.2. The molecule has 0 radical (unpaired) electrons. The van der Waals surface area contributed by atoms with Crippen molar-refractivity contribution in [2.45, 2.75) is 83.5 Å². The molecule has 2 aliphatic carbocycles. The largest absolute Gasteiger partial charge is 0.494 e. The third kappa shape index (κ3) is 4.59. The molecule has 0 spiro atoms. The maximum absolute atomic E-state index is 15.0. The third-order valence-corrected chi connectivity index (χ3v) is 7.96. The van der Waals surface area contributed by atoms with Crippen molar-refractivity contribution >= 4 is 10.8 Å². The number of methoxy groups -OCH3 is 1. The van der Waals surface area contributed by atoms with Crippen molar-refractivity contribution in [2.75, 3.05) is 7.11 Å². The van der Waals surface area contributed by atoms with Crippen LogP contribution in [-0.2, 0) is 0 Å². The maximum atomic E-state index is 15.0. The van der Waals surface area contributed by atoms with E-state index in [0.29, 0.717) is 16.9 Å². The second-order valence-corrected chi connectivity index (χ2v) is 9.83. The van der Waals surface area contributed by atoms with Crippen LogP contribution in [0, 0.1) is 35.2 Å². The smallest absolute Gasteiger partial charge is 0.175 e. The fourth-order valence-corrected chi connectivity index (χ4v) is 6.23. The first-order chi connectivity index (χ1) is 15.0. The van der Waals surface area contributed by atoms with E-state index in [1.807, 2.05) is 0 Å². The SMILES string of the molecule is CCCCCCC1CCC2C[C@H](c3cc4ccc(OC)c(F)c4c(F)c3F)CC[C@@H]2C1. The molecule has 2 unspecified atom stereocenters. The molecule has 2 saturated carbocycles. The Morgan fingerprint density at radius 3 is 2.42 bits per heavy atom. The fraction of sp³-hybridized carbons (Fsp3) is 0.630. The number of rotatable bonds is 7. The predicted molar refractivity (Wildman–Crippen MR) is 120 cm³/mol. The monoisotopic (exact) mass is 432 g/mol. The predicted octanol–water partition coefficient (Wildman–Crippen LogP) is 8.54. The van der Waals surface area contributed by atoms with Crippen LogP contribution in [-0.4, -0.2) is 7.11 Å². The second kappa shape index (κ2) is 9.83. The van der Waals surface area contributed by atoms with Crippen LogP contribution < -0.4 is 4.74 Å². The summed E-state index contributed by atoms with van der Waals surface area (Å²) in [6.07, 6.45) is 13.4. The first-order valence-corrected chi connectivity index (χ1v) is 12.2. The Morgan fingerprint density at radius 2 is 1.65 bits per heavy atom. The van der Waals surface area contributed by atoms with Crippen LogP contribution in [0.25, 0.3) is 10.8 Å². The maximum Gasteiger partial charge on any atom is 0.175 e. The van der Waals surface area contributed by atoms with Gasteiger partial charge in [-0.1, -0.05) is 51.5 Å². The van der Waals surface area contributed by atoms with Gasteiger partial charge >= 0.3 is 0 Å². The Balaban J connectivity index is 1.47. The van der Waals surface area contributed by atoms with Crippen molar-refractivity contribution in [3.8, 4) is 5.75 Å². The van der Waals surface area contributed by atoms with Gasteiger partial charge in [0.05, 0.1) is 12.5 Å². The van der Waals surface area contributed by atoms with E-state index in [4.69, 9.17) is 4.74 Å². The number of hydrogen-bond acceptors (Lipinski definition) is 1. The molecular weight excluding hydrogens is 397 g/mol. The van der Waals surface area contributed by atoms with Crippen LogP contribution in [0.1, 0.15) is 89.0 Å². The summed E-state index contributed by atoms with van der Waals surface area (Å²) in [4.78, 5) is 0. The van der Waals surface area contributed by atoms with Gasteiger partial charge in [0.1, 0.15) is 0 Å². The molecule has 0 bridgehead atoms. The van der Waals surface area contributed by atoms with Gasteiger partial charge in [0.25, 0.3) is 0 Å². The summed E-state index contributed by atoms with van der Waals surface area (Å²) < 4.78 is 49.4. The summed E-state index contributed by atoms with van der Waals surface area (Å²) in [5, 5.41) is 0.1000. The lowest BCUT2D eigenvalue weighted by atomic mass is 9.63. The number of unbranched alkanes of at least 4 members (excludes halogenated alkanes) is 3. The first kappa shape index (κ1) is 22.5. The highest BCUT2D eigenvalue weighted by Crippen LogP contribution is 2.49. The van der Waals surface area contributed by atoms with Gasteiger partial charge < -0.3 is 4.74 Å². The van der Waals surface area contributed by atoms with Gasteiger partial charge in [-0.25, -0.2) is 13.2 Å². The molecule has 4 rings (SSSR count). The highest BCUT2D eigenvalue weighted by Gasteiger charge is 2.37. The molecule has 0 amide bonds. The average molecular weight is 433 g/mol.